The molecule has 1 amide bonds. The van der Waals surface area contributed by atoms with Gasteiger partial charge in [0.1, 0.15) is 0 Å². The maximum Gasteiger partial charge on any atom is 0.311 e. The molecule has 1 atom stereocenters. The fourth-order valence-electron chi connectivity index (χ4n) is 3.83. The van der Waals surface area contributed by atoms with Crippen molar-refractivity contribution in [1.82, 2.24) is 4.90 Å². The number of carbonyl (C=O) groups excluding carboxylic acids is 1. The van der Waals surface area contributed by atoms with E-state index in [4.69, 9.17) is 0 Å². The summed E-state index contributed by atoms with van der Waals surface area (Å²) in [6, 6.07) is 19.2. The van der Waals surface area contributed by atoms with Crippen molar-refractivity contribution in [2.24, 2.45) is 5.41 Å². The number of carbonyl (C=O) groups is 2. The molecular formula is C22H25NO3. The summed E-state index contributed by atoms with van der Waals surface area (Å²) in [6.07, 6.45) is 3.63. The molecule has 1 unspecified atom stereocenters. The first kappa shape index (κ1) is 18.2. The zero-order valence-corrected chi connectivity index (χ0v) is 14.9. The van der Waals surface area contributed by atoms with Crippen molar-refractivity contribution in [2.45, 2.75) is 32.1 Å². The van der Waals surface area contributed by atoms with E-state index in [1.54, 1.807) is 17.0 Å². The maximum atomic E-state index is 12.7. The van der Waals surface area contributed by atoms with Gasteiger partial charge in [0.15, 0.2) is 0 Å². The summed E-state index contributed by atoms with van der Waals surface area (Å²) < 4.78 is 0. The Morgan fingerprint density at radius 1 is 1.00 bits per heavy atom. The molecule has 1 aliphatic heterocycles. The van der Waals surface area contributed by atoms with E-state index in [2.05, 4.69) is 12.1 Å². The van der Waals surface area contributed by atoms with Gasteiger partial charge in [-0.2, -0.15) is 0 Å². The first-order valence-corrected chi connectivity index (χ1v) is 9.22. The lowest BCUT2D eigenvalue weighted by Crippen LogP contribution is -2.50. The summed E-state index contributed by atoms with van der Waals surface area (Å²) in [5.74, 6) is -0.852. The van der Waals surface area contributed by atoms with E-state index < -0.39 is 11.4 Å². The van der Waals surface area contributed by atoms with E-state index in [1.807, 2.05) is 36.4 Å². The van der Waals surface area contributed by atoms with Gasteiger partial charge in [0.2, 0.25) is 0 Å². The summed E-state index contributed by atoms with van der Waals surface area (Å²) >= 11 is 0. The van der Waals surface area contributed by atoms with Gasteiger partial charge < -0.3 is 10.0 Å². The molecule has 2 aromatic rings. The summed E-state index contributed by atoms with van der Waals surface area (Å²) in [5.41, 5.74) is 1.01. The van der Waals surface area contributed by atoms with Crippen molar-refractivity contribution in [3.05, 3.63) is 71.8 Å². The minimum absolute atomic E-state index is 0.0704. The molecule has 1 heterocycles. The van der Waals surface area contributed by atoms with Crippen LogP contribution in [0.2, 0.25) is 0 Å². The van der Waals surface area contributed by atoms with Crippen LogP contribution < -0.4 is 0 Å². The second-order valence-corrected chi connectivity index (χ2v) is 7.12. The fourth-order valence-corrected chi connectivity index (χ4v) is 3.83. The molecule has 136 valence electrons. The fraction of sp³-hybridized carbons (Fsp3) is 0.364. The third kappa shape index (κ3) is 4.13. The Balaban J connectivity index is 1.67. The Labute approximate surface area is 154 Å². The Bertz CT molecular complexity index is 744. The highest BCUT2D eigenvalue weighted by atomic mass is 16.4. The number of piperidine rings is 1. The zero-order chi connectivity index (χ0) is 18.4. The summed E-state index contributed by atoms with van der Waals surface area (Å²) in [7, 11) is 0. The predicted molar refractivity (Wildman–Crippen MR) is 101 cm³/mol. The Hall–Kier alpha value is -2.62. The van der Waals surface area contributed by atoms with Crippen molar-refractivity contribution < 1.29 is 14.7 Å². The normalized spacial score (nSPS) is 19.9. The average molecular weight is 351 g/mol. The number of carboxylic acid groups (broad SMARTS) is 1. The molecule has 1 fully saturated rings. The van der Waals surface area contributed by atoms with Crippen molar-refractivity contribution in [3.63, 3.8) is 0 Å². The highest BCUT2D eigenvalue weighted by molar-refractivity contribution is 5.94. The molecule has 1 aliphatic rings. The molecule has 0 saturated carbocycles. The number of hydrogen-bond acceptors (Lipinski definition) is 2. The van der Waals surface area contributed by atoms with Crippen molar-refractivity contribution >= 4 is 11.9 Å². The first-order valence-electron chi connectivity index (χ1n) is 9.22. The smallest absolute Gasteiger partial charge is 0.311 e. The largest absolute Gasteiger partial charge is 0.481 e. The highest BCUT2D eigenvalue weighted by Gasteiger charge is 2.43. The number of aryl methyl sites for hydroxylation is 1. The van der Waals surface area contributed by atoms with E-state index in [0.717, 1.165) is 19.3 Å². The van der Waals surface area contributed by atoms with Crippen LogP contribution in [0.3, 0.4) is 0 Å². The molecule has 4 nitrogen and oxygen atoms in total. The molecule has 3 rings (SSSR count). The van der Waals surface area contributed by atoms with Crippen LogP contribution in [0.5, 0.6) is 0 Å². The minimum atomic E-state index is -0.836. The molecule has 26 heavy (non-hydrogen) atoms. The minimum Gasteiger partial charge on any atom is -0.481 e. The number of amides is 1. The van der Waals surface area contributed by atoms with Crippen molar-refractivity contribution in [1.29, 1.82) is 0 Å². The molecule has 4 heteroatoms. The molecule has 1 N–H and O–H groups in total. The number of benzene rings is 2. The number of nitrogens with zero attached hydrogens (tertiary/aromatic N) is 1. The van der Waals surface area contributed by atoms with Gasteiger partial charge in [0.25, 0.3) is 5.91 Å². The van der Waals surface area contributed by atoms with E-state index in [9.17, 15) is 14.7 Å². The quantitative estimate of drug-likeness (QED) is 0.855. The summed E-state index contributed by atoms with van der Waals surface area (Å²) in [5, 5.41) is 9.92. The SMILES string of the molecule is O=C(c1ccccc1)N1CCCC(CCCc2ccccc2)(C(=O)O)C1. The van der Waals surface area contributed by atoms with Gasteiger partial charge in [-0.15, -0.1) is 0 Å². The van der Waals surface area contributed by atoms with Crippen LogP contribution in [-0.4, -0.2) is 35.0 Å². The number of carboxylic acids is 1. The van der Waals surface area contributed by atoms with Crippen LogP contribution >= 0.6 is 0 Å². The molecule has 0 radical (unpaired) electrons. The second-order valence-electron chi connectivity index (χ2n) is 7.12. The lowest BCUT2D eigenvalue weighted by Gasteiger charge is -2.40. The van der Waals surface area contributed by atoms with Crippen LogP contribution in [0.25, 0.3) is 0 Å². The van der Waals surface area contributed by atoms with Gasteiger partial charge in [-0.25, -0.2) is 0 Å². The van der Waals surface area contributed by atoms with Gasteiger partial charge in [-0.1, -0.05) is 48.5 Å². The maximum absolute atomic E-state index is 12.7. The standard InChI is InChI=1S/C22H25NO3/c24-20(19-12-5-2-6-13-19)23-16-8-15-22(17-23,21(25)26)14-7-11-18-9-3-1-4-10-18/h1-6,9-10,12-13H,7-8,11,14-17H2,(H,25,26). The predicted octanol–water partition coefficient (Wildman–Crippen LogP) is 4.02. The van der Waals surface area contributed by atoms with Crippen molar-refractivity contribution in [2.75, 3.05) is 13.1 Å². The third-order valence-electron chi connectivity index (χ3n) is 5.30. The molecule has 0 bridgehead atoms. The van der Waals surface area contributed by atoms with E-state index in [-0.39, 0.29) is 5.91 Å². The highest BCUT2D eigenvalue weighted by Crippen LogP contribution is 2.36. The van der Waals surface area contributed by atoms with Gasteiger partial charge in [0, 0.05) is 18.7 Å². The summed E-state index contributed by atoms with van der Waals surface area (Å²) in [4.78, 5) is 26.5. The monoisotopic (exact) mass is 351 g/mol. The van der Waals surface area contributed by atoms with E-state index in [0.29, 0.717) is 31.5 Å². The average Bonchev–Trinajstić information content (AvgIpc) is 2.69. The van der Waals surface area contributed by atoms with Gasteiger partial charge in [-0.3, -0.25) is 9.59 Å². The van der Waals surface area contributed by atoms with Crippen LogP contribution in [0.4, 0.5) is 0 Å². The van der Waals surface area contributed by atoms with E-state index >= 15 is 0 Å². The Morgan fingerprint density at radius 2 is 1.65 bits per heavy atom. The molecular weight excluding hydrogens is 326 g/mol. The van der Waals surface area contributed by atoms with Crippen LogP contribution in [0.15, 0.2) is 60.7 Å². The van der Waals surface area contributed by atoms with Gasteiger partial charge >= 0.3 is 5.97 Å². The van der Waals surface area contributed by atoms with Gasteiger partial charge in [0.05, 0.1) is 5.41 Å². The number of likely N-dealkylation sites (tertiary alicyclic amines) is 1. The van der Waals surface area contributed by atoms with E-state index in [1.165, 1.54) is 5.56 Å². The van der Waals surface area contributed by atoms with Crippen LogP contribution in [0, 0.1) is 5.41 Å². The second kappa shape index (κ2) is 8.17. The van der Waals surface area contributed by atoms with Crippen molar-refractivity contribution in [3.8, 4) is 0 Å². The Kier molecular flexibility index (Phi) is 5.71. The topological polar surface area (TPSA) is 57.6 Å². The molecule has 0 spiro atoms. The zero-order valence-electron chi connectivity index (χ0n) is 14.9. The molecule has 0 aromatic heterocycles. The third-order valence-corrected chi connectivity index (χ3v) is 5.30. The molecule has 1 saturated heterocycles. The number of aliphatic carboxylic acids is 1. The molecule has 0 aliphatic carbocycles. The lowest BCUT2D eigenvalue weighted by atomic mass is 9.75. The lowest BCUT2D eigenvalue weighted by molar-refractivity contribution is -0.152. The first-order chi connectivity index (χ1) is 12.6. The van der Waals surface area contributed by atoms with Crippen LogP contribution in [0.1, 0.15) is 41.6 Å². The van der Waals surface area contributed by atoms with Gasteiger partial charge in [-0.05, 0) is 49.8 Å². The Morgan fingerprint density at radius 3 is 2.31 bits per heavy atom. The number of hydrogen-bond donors (Lipinski definition) is 1. The molecule has 2 aromatic carbocycles. The summed E-state index contributed by atoms with van der Waals surface area (Å²) in [6.45, 7) is 0.923. The van der Waals surface area contributed by atoms with Crippen LogP contribution in [-0.2, 0) is 11.2 Å². The number of rotatable bonds is 6.